The highest BCUT2D eigenvalue weighted by Gasteiger charge is 2.87. The molecule has 0 radical (unpaired) electrons. The highest BCUT2D eigenvalue weighted by Crippen LogP contribution is 2.77. The number of ether oxygens (including phenoxy) is 1. The summed E-state index contributed by atoms with van der Waals surface area (Å²) in [6.45, 7) is 5.79. The molecule has 5 atom stereocenters. The predicted octanol–water partition coefficient (Wildman–Crippen LogP) is 6.52. The lowest BCUT2D eigenvalue weighted by Gasteiger charge is -2.34. The summed E-state index contributed by atoms with van der Waals surface area (Å²) < 4.78 is 3.59. The molecule has 2 aliphatic carbocycles. The first-order valence-electron chi connectivity index (χ1n) is 13.0. The van der Waals surface area contributed by atoms with Crippen LogP contribution in [0.2, 0.25) is 0 Å². The van der Waals surface area contributed by atoms with Crippen LogP contribution in [0.25, 0.3) is 0 Å². The molecule has 3 fully saturated rings. The maximum atomic E-state index is 13.7. The monoisotopic (exact) mass is 688 g/mol. The maximum Gasteiger partial charge on any atom is 0.316 e. The van der Waals surface area contributed by atoms with Crippen LogP contribution >= 0.6 is 69.6 Å². The third-order valence-corrected chi connectivity index (χ3v) is 13.1. The first kappa shape index (κ1) is 30.0. The summed E-state index contributed by atoms with van der Waals surface area (Å²) in [6.07, 6.45) is 0.0184. The molecule has 2 saturated heterocycles. The molecule has 2 heterocycles. The molecule has 1 saturated carbocycles. The fourth-order valence-electron chi connectivity index (χ4n) is 6.38. The molecule has 42 heavy (non-hydrogen) atoms. The number of halogens is 6. The number of rotatable bonds is 4. The van der Waals surface area contributed by atoms with Crippen LogP contribution in [0.1, 0.15) is 23.1 Å². The maximum absolute atomic E-state index is 13.7. The minimum absolute atomic E-state index is 0.0184. The summed E-state index contributed by atoms with van der Waals surface area (Å²) in [7, 11) is 0. The number of hydrogen-bond donors (Lipinski definition) is 0. The molecule has 2 aromatic carbocycles. The second-order valence-corrected chi connectivity index (χ2v) is 14.4. The second-order valence-electron chi connectivity index (χ2n) is 11.1. The number of imide groups is 1. The first-order valence-corrected chi connectivity index (χ1v) is 15.2. The van der Waals surface area contributed by atoms with Gasteiger partial charge in [-0.15, -0.1) is 23.2 Å². The van der Waals surface area contributed by atoms with E-state index in [9.17, 15) is 19.2 Å². The molecule has 2 aliphatic heterocycles. The van der Waals surface area contributed by atoms with Crippen LogP contribution in [-0.2, 0) is 19.2 Å². The summed E-state index contributed by atoms with van der Waals surface area (Å²) in [6, 6.07) is 10.2. The van der Waals surface area contributed by atoms with Crippen molar-refractivity contribution in [3.05, 3.63) is 63.2 Å². The zero-order valence-corrected chi connectivity index (χ0v) is 26.8. The molecule has 6 rings (SSSR count). The lowest BCUT2D eigenvalue weighted by atomic mass is 9.84. The second kappa shape index (κ2) is 9.75. The van der Waals surface area contributed by atoms with Crippen LogP contribution in [0, 0.1) is 38.5 Å². The Balaban J connectivity index is 1.21. The summed E-state index contributed by atoms with van der Waals surface area (Å²) in [5, 5.41) is -0.342. The van der Waals surface area contributed by atoms with Crippen molar-refractivity contribution < 1.29 is 23.9 Å². The average molecular weight is 691 g/mol. The number of hydrogen-bond acceptors (Lipinski definition) is 5. The van der Waals surface area contributed by atoms with E-state index in [0.29, 0.717) is 5.56 Å². The number of nitrogens with zero attached hydrogens (tertiary/aromatic N) is 2. The Labute approximate surface area is 271 Å². The number of benzene rings is 2. The van der Waals surface area contributed by atoms with Gasteiger partial charge in [-0.25, -0.2) is 4.90 Å². The third-order valence-electron chi connectivity index (χ3n) is 8.80. The van der Waals surface area contributed by atoms with Crippen molar-refractivity contribution in [1.29, 1.82) is 0 Å². The quantitative estimate of drug-likeness (QED) is 0.158. The first-order chi connectivity index (χ1) is 19.6. The number of carbonyl (C=O) groups is 4. The van der Waals surface area contributed by atoms with Crippen molar-refractivity contribution in [3.63, 3.8) is 0 Å². The zero-order valence-electron chi connectivity index (χ0n) is 22.3. The molecule has 13 heteroatoms. The highest BCUT2D eigenvalue weighted by molar-refractivity contribution is 6.67. The molecule has 0 N–H and O–H groups in total. The molecule has 2 bridgehead atoms. The summed E-state index contributed by atoms with van der Waals surface area (Å²) >= 11 is 39.4. The van der Waals surface area contributed by atoms with Gasteiger partial charge in [0.1, 0.15) is 15.5 Å². The molecule has 220 valence electrons. The minimum Gasteiger partial charge on any atom is -0.426 e. The van der Waals surface area contributed by atoms with E-state index < -0.39 is 49.6 Å². The third kappa shape index (κ3) is 3.74. The van der Waals surface area contributed by atoms with Gasteiger partial charge in [-0.05, 0) is 67.8 Å². The molecule has 0 unspecified atom stereocenters. The fraction of sp³-hybridized carbons (Fsp3) is 0.379. The molecule has 4 aliphatic rings. The molecular formula is C29H22Cl6N2O5. The number of carbonyl (C=O) groups excluding carboxylic acids is 4. The topological polar surface area (TPSA) is 84.0 Å². The summed E-state index contributed by atoms with van der Waals surface area (Å²) in [5.74, 6) is -5.09. The number of alkyl halides is 4. The van der Waals surface area contributed by atoms with Crippen molar-refractivity contribution in [2.75, 3.05) is 16.3 Å². The Morgan fingerprint density at radius 3 is 1.98 bits per heavy atom. The van der Waals surface area contributed by atoms with Gasteiger partial charge in [0.05, 0.1) is 33.5 Å². The number of fused-ring (bicyclic) bond motifs is 5. The normalized spacial score (nSPS) is 31.5. The van der Waals surface area contributed by atoms with Crippen molar-refractivity contribution in [1.82, 2.24) is 0 Å². The van der Waals surface area contributed by atoms with Crippen LogP contribution in [0.15, 0.2) is 46.5 Å². The van der Waals surface area contributed by atoms with E-state index in [0.717, 1.165) is 21.7 Å². The Morgan fingerprint density at radius 1 is 0.833 bits per heavy atom. The van der Waals surface area contributed by atoms with Gasteiger partial charge < -0.3 is 9.64 Å². The SMILES string of the molecule is Cc1ccc(N2C[C@H](C(=O)Oc3ccc(N4C(=O)[C@H]5[C@H](C4=O)[C@@]4(Cl)C(Cl)=C(Cl)[C@@]5(Cl)C4(Cl)Cl)c(C)c3)CC2=O)cc1C. The van der Waals surface area contributed by atoms with Gasteiger partial charge in [0, 0.05) is 18.7 Å². The highest BCUT2D eigenvalue weighted by atomic mass is 35.5. The van der Waals surface area contributed by atoms with E-state index in [1.54, 1.807) is 11.8 Å². The van der Waals surface area contributed by atoms with Crippen LogP contribution in [-0.4, -0.2) is 44.3 Å². The lowest BCUT2D eigenvalue weighted by Crippen LogP contribution is -2.50. The molecule has 0 aromatic heterocycles. The van der Waals surface area contributed by atoms with Crippen LogP contribution in [0.5, 0.6) is 5.75 Å². The summed E-state index contributed by atoms with van der Waals surface area (Å²) in [4.78, 5) is 51.8. The molecular weight excluding hydrogens is 669 g/mol. The van der Waals surface area contributed by atoms with Crippen LogP contribution in [0.3, 0.4) is 0 Å². The molecule has 7 nitrogen and oxygen atoms in total. The standard InChI is InChI=1S/C29H22Cl6N2O5/c1-12-4-5-16(8-13(12)2)36-11-15(10-19(36)38)26(41)42-17-6-7-18(14(3)9-17)37-24(39)20-21(25(37)40)28(33)23(31)22(30)27(20,32)29(28,34)35/h4-9,15,20-21H,10-11H2,1-3H3/t15-,20-,21-,27-,28-/m1/s1. The zero-order chi connectivity index (χ0) is 30.7. The van der Waals surface area contributed by atoms with E-state index in [4.69, 9.17) is 74.3 Å². The number of aryl methyl sites for hydroxylation is 3. The van der Waals surface area contributed by atoms with E-state index in [2.05, 4.69) is 0 Å². The molecule has 2 aromatic rings. The van der Waals surface area contributed by atoms with Crippen LogP contribution in [0.4, 0.5) is 11.4 Å². The predicted molar refractivity (Wildman–Crippen MR) is 163 cm³/mol. The van der Waals surface area contributed by atoms with Gasteiger partial charge >= 0.3 is 5.97 Å². The van der Waals surface area contributed by atoms with Gasteiger partial charge in [0.15, 0.2) is 4.33 Å². The Hall–Kier alpha value is -2.00. The Morgan fingerprint density at radius 2 is 1.43 bits per heavy atom. The fourth-order valence-corrected chi connectivity index (χ4v) is 9.31. The largest absolute Gasteiger partial charge is 0.426 e. The van der Waals surface area contributed by atoms with Gasteiger partial charge in [-0.3, -0.25) is 19.2 Å². The Kier molecular flexibility index (Phi) is 6.97. The van der Waals surface area contributed by atoms with E-state index in [-0.39, 0.29) is 40.4 Å². The lowest BCUT2D eigenvalue weighted by molar-refractivity contribution is -0.139. The van der Waals surface area contributed by atoms with Crippen LogP contribution < -0.4 is 14.5 Å². The number of amides is 3. The van der Waals surface area contributed by atoms with E-state index in [1.165, 1.54) is 18.2 Å². The number of allylic oxidation sites excluding steroid dienone is 2. The smallest absolute Gasteiger partial charge is 0.316 e. The van der Waals surface area contributed by atoms with Gasteiger partial charge in [0.25, 0.3) is 0 Å². The molecule has 0 spiro atoms. The van der Waals surface area contributed by atoms with Crippen molar-refractivity contribution in [3.8, 4) is 5.75 Å². The Bertz CT molecular complexity index is 1610. The van der Waals surface area contributed by atoms with Crippen molar-refractivity contribution in [2.45, 2.75) is 41.3 Å². The van der Waals surface area contributed by atoms with Gasteiger partial charge in [-0.1, -0.05) is 52.5 Å². The average Bonchev–Trinajstić information content (AvgIpc) is 3.51. The minimum atomic E-state index is -2.02. The summed E-state index contributed by atoms with van der Waals surface area (Å²) in [5.41, 5.74) is 3.56. The van der Waals surface area contributed by atoms with Crippen molar-refractivity contribution >= 4 is 105 Å². The van der Waals surface area contributed by atoms with E-state index in [1.807, 2.05) is 32.0 Å². The van der Waals surface area contributed by atoms with E-state index >= 15 is 0 Å². The van der Waals surface area contributed by atoms with Crippen molar-refractivity contribution in [2.24, 2.45) is 17.8 Å². The number of esters is 1. The van der Waals surface area contributed by atoms with Gasteiger partial charge in [-0.2, -0.15) is 0 Å². The molecule has 3 amide bonds. The van der Waals surface area contributed by atoms with Gasteiger partial charge in [0.2, 0.25) is 17.7 Å². The number of anilines is 2.